The molecule has 0 aliphatic rings. The summed E-state index contributed by atoms with van der Waals surface area (Å²) in [5, 5.41) is 0.317. The Kier molecular flexibility index (Phi) is 9.78. The fraction of sp³-hybridized carbons (Fsp3) is 0.296. The number of halogens is 1. The number of rotatable bonds is 13. The first kappa shape index (κ1) is 26.3. The highest BCUT2D eigenvalue weighted by atomic mass is 35.5. The number of hydrogen-bond acceptors (Lipinski definition) is 7. The van der Waals surface area contributed by atoms with Crippen molar-refractivity contribution in [2.45, 2.75) is 20.0 Å². The van der Waals surface area contributed by atoms with Crippen molar-refractivity contribution in [3.63, 3.8) is 0 Å². The zero-order valence-electron chi connectivity index (χ0n) is 20.3. The first-order valence-electron chi connectivity index (χ1n) is 10.9. The molecule has 3 rings (SSSR count). The van der Waals surface area contributed by atoms with E-state index in [0.29, 0.717) is 51.3 Å². The Morgan fingerprint density at radius 2 is 1.43 bits per heavy atom. The Balaban J connectivity index is 2.26. The summed E-state index contributed by atoms with van der Waals surface area (Å²) in [6.45, 7) is 1.82. The average Bonchev–Trinajstić information content (AvgIpc) is 2.86. The number of methoxy groups -OCH3 is 3. The number of ether oxygens (including phenoxy) is 6. The van der Waals surface area contributed by atoms with Crippen LogP contribution in [0.5, 0.6) is 23.0 Å². The molecule has 0 unspecified atom stereocenters. The van der Waals surface area contributed by atoms with Crippen molar-refractivity contribution in [1.29, 1.82) is 0 Å². The summed E-state index contributed by atoms with van der Waals surface area (Å²) in [7, 11) is 4.57. The maximum absolute atomic E-state index is 12.4. The first-order valence-corrected chi connectivity index (χ1v) is 11.3. The maximum Gasteiger partial charge on any atom is 0.188 e. The molecule has 186 valence electrons. The molecule has 3 aromatic rings. The van der Waals surface area contributed by atoms with Crippen molar-refractivity contribution < 1.29 is 33.2 Å². The Labute approximate surface area is 210 Å². The molecule has 35 heavy (non-hydrogen) atoms. The van der Waals surface area contributed by atoms with Crippen molar-refractivity contribution in [2.24, 2.45) is 0 Å². The predicted octanol–water partition coefficient (Wildman–Crippen LogP) is 5.69. The molecule has 0 fully saturated rings. The number of benzene rings is 3. The van der Waals surface area contributed by atoms with Gasteiger partial charge >= 0.3 is 0 Å². The second kappa shape index (κ2) is 13.0. The molecule has 0 aliphatic heterocycles. The SMILES string of the molecule is COCOc1cccc(OCOC)c1-c1c(CC(C)=O)c(OCc2ccccc2)cc(Cl)c1OC. The summed E-state index contributed by atoms with van der Waals surface area (Å²) in [6, 6.07) is 16.7. The lowest BCUT2D eigenvalue weighted by atomic mass is 9.93. The van der Waals surface area contributed by atoms with Crippen LogP contribution >= 0.6 is 11.6 Å². The minimum absolute atomic E-state index is 0.00299. The molecular weight excluding hydrogens is 472 g/mol. The van der Waals surface area contributed by atoms with Gasteiger partial charge in [0.2, 0.25) is 0 Å². The Morgan fingerprint density at radius 3 is 1.97 bits per heavy atom. The van der Waals surface area contributed by atoms with Gasteiger partial charge in [-0.05, 0) is 24.6 Å². The van der Waals surface area contributed by atoms with E-state index in [1.165, 1.54) is 28.3 Å². The molecule has 8 heteroatoms. The summed E-state index contributed by atoms with van der Waals surface area (Å²) in [6.07, 6.45) is 0.0787. The van der Waals surface area contributed by atoms with E-state index >= 15 is 0 Å². The molecule has 0 aromatic heterocycles. The number of hydrogen-bond donors (Lipinski definition) is 0. The van der Waals surface area contributed by atoms with Crippen LogP contribution in [-0.2, 0) is 27.3 Å². The molecule has 0 amide bonds. The fourth-order valence-electron chi connectivity index (χ4n) is 3.64. The van der Waals surface area contributed by atoms with E-state index in [9.17, 15) is 4.79 Å². The smallest absolute Gasteiger partial charge is 0.188 e. The zero-order chi connectivity index (χ0) is 25.2. The number of Topliss-reactive ketones (excluding diaryl/α,β-unsaturated/α-hetero) is 1. The van der Waals surface area contributed by atoms with Gasteiger partial charge in [0, 0.05) is 37.8 Å². The highest BCUT2D eigenvalue weighted by molar-refractivity contribution is 6.33. The van der Waals surface area contributed by atoms with Crippen LogP contribution in [-0.4, -0.2) is 40.7 Å². The van der Waals surface area contributed by atoms with Crippen LogP contribution in [0.2, 0.25) is 5.02 Å². The second-order valence-electron chi connectivity index (χ2n) is 7.63. The van der Waals surface area contributed by atoms with Crippen LogP contribution in [0.25, 0.3) is 11.1 Å². The lowest BCUT2D eigenvalue weighted by Gasteiger charge is -2.23. The summed E-state index contributed by atoms with van der Waals surface area (Å²) >= 11 is 6.67. The van der Waals surface area contributed by atoms with Crippen LogP contribution in [0.1, 0.15) is 18.1 Å². The van der Waals surface area contributed by atoms with Crippen molar-refractivity contribution in [3.8, 4) is 34.1 Å². The molecular formula is C27H29ClO7. The quantitative estimate of drug-likeness (QED) is 0.279. The fourth-order valence-corrected chi connectivity index (χ4v) is 3.91. The minimum atomic E-state index is -0.0603. The molecule has 0 spiro atoms. The minimum Gasteiger partial charge on any atom is -0.495 e. The second-order valence-corrected chi connectivity index (χ2v) is 8.03. The highest BCUT2D eigenvalue weighted by Gasteiger charge is 2.27. The molecule has 0 bridgehead atoms. The number of ketones is 1. The monoisotopic (exact) mass is 500 g/mol. The third-order valence-electron chi connectivity index (χ3n) is 5.07. The van der Waals surface area contributed by atoms with E-state index in [1.54, 1.807) is 24.3 Å². The largest absolute Gasteiger partial charge is 0.495 e. The average molecular weight is 501 g/mol. The van der Waals surface area contributed by atoms with Gasteiger partial charge in [0.25, 0.3) is 0 Å². The highest BCUT2D eigenvalue weighted by Crippen LogP contribution is 2.50. The van der Waals surface area contributed by atoms with E-state index in [4.69, 9.17) is 40.0 Å². The van der Waals surface area contributed by atoms with Gasteiger partial charge < -0.3 is 28.4 Å². The van der Waals surface area contributed by atoms with Gasteiger partial charge in [-0.25, -0.2) is 0 Å². The lowest BCUT2D eigenvalue weighted by molar-refractivity contribution is -0.116. The van der Waals surface area contributed by atoms with Gasteiger partial charge in [-0.15, -0.1) is 0 Å². The van der Waals surface area contributed by atoms with Gasteiger partial charge in [-0.2, -0.15) is 0 Å². The third-order valence-corrected chi connectivity index (χ3v) is 5.35. The van der Waals surface area contributed by atoms with Crippen LogP contribution in [0, 0.1) is 0 Å². The Hall–Kier alpha value is -3.26. The van der Waals surface area contributed by atoms with E-state index in [1.807, 2.05) is 30.3 Å². The molecule has 0 saturated carbocycles. The van der Waals surface area contributed by atoms with Gasteiger partial charge in [-0.1, -0.05) is 48.0 Å². The standard InChI is InChI=1S/C27H29ClO7/c1-18(29)13-20-24(33-15-19-9-6-5-7-10-19)14-21(28)27(32-4)25(20)26-22(34-16-30-2)11-8-12-23(26)35-17-31-3/h5-12,14H,13,15-17H2,1-4H3. The van der Waals surface area contributed by atoms with Crippen LogP contribution in [0.4, 0.5) is 0 Å². The molecule has 0 atom stereocenters. The molecule has 0 saturated heterocycles. The zero-order valence-corrected chi connectivity index (χ0v) is 21.0. The molecule has 0 heterocycles. The van der Waals surface area contributed by atoms with Gasteiger partial charge in [0.1, 0.15) is 35.4 Å². The summed E-state index contributed by atoms with van der Waals surface area (Å²) < 4.78 is 33.9. The Morgan fingerprint density at radius 1 is 0.800 bits per heavy atom. The topological polar surface area (TPSA) is 72.5 Å². The van der Waals surface area contributed by atoms with Crippen LogP contribution in [0.15, 0.2) is 54.6 Å². The van der Waals surface area contributed by atoms with E-state index in [0.717, 1.165) is 5.56 Å². The number of carbonyl (C=O) groups is 1. The maximum atomic E-state index is 12.4. The van der Waals surface area contributed by atoms with Gasteiger partial charge in [-0.3, -0.25) is 4.79 Å². The van der Waals surface area contributed by atoms with Crippen molar-refractivity contribution in [1.82, 2.24) is 0 Å². The molecule has 0 aliphatic carbocycles. The van der Waals surface area contributed by atoms with Crippen molar-refractivity contribution in [2.75, 3.05) is 34.9 Å². The predicted molar refractivity (Wildman–Crippen MR) is 134 cm³/mol. The normalized spacial score (nSPS) is 10.7. The van der Waals surface area contributed by atoms with Crippen LogP contribution < -0.4 is 18.9 Å². The van der Waals surface area contributed by atoms with Gasteiger partial charge in [0.15, 0.2) is 13.6 Å². The van der Waals surface area contributed by atoms with E-state index in [-0.39, 0.29) is 25.8 Å². The molecule has 7 nitrogen and oxygen atoms in total. The lowest BCUT2D eigenvalue weighted by Crippen LogP contribution is -2.09. The van der Waals surface area contributed by atoms with Crippen LogP contribution in [0.3, 0.4) is 0 Å². The Bertz CT molecular complexity index is 1110. The van der Waals surface area contributed by atoms with Crippen molar-refractivity contribution >= 4 is 17.4 Å². The summed E-state index contributed by atoms with van der Waals surface area (Å²) in [5.41, 5.74) is 2.66. The number of carbonyl (C=O) groups excluding carboxylic acids is 1. The summed E-state index contributed by atoms with van der Waals surface area (Å²) in [5.74, 6) is 1.68. The first-order chi connectivity index (χ1) is 17.0. The summed E-state index contributed by atoms with van der Waals surface area (Å²) in [4.78, 5) is 12.4. The van der Waals surface area contributed by atoms with E-state index < -0.39 is 0 Å². The molecule has 0 N–H and O–H groups in total. The van der Waals surface area contributed by atoms with Crippen molar-refractivity contribution in [3.05, 3.63) is 70.7 Å². The van der Waals surface area contributed by atoms with E-state index in [2.05, 4.69) is 0 Å². The van der Waals surface area contributed by atoms with Gasteiger partial charge in [0.05, 0.1) is 17.7 Å². The molecule has 0 radical (unpaired) electrons. The molecule has 3 aromatic carbocycles. The third kappa shape index (κ3) is 6.66.